The summed E-state index contributed by atoms with van der Waals surface area (Å²) in [5.74, 6) is 2.22. The summed E-state index contributed by atoms with van der Waals surface area (Å²) in [6.07, 6.45) is 17.6. The van der Waals surface area contributed by atoms with Gasteiger partial charge in [-0.15, -0.1) is 6.42 Å². The summed E-state index contributed by atoms with van der Waals surface area (Å²) in [6, 6.07) is 0. The van der Waals surface area contributed by atoms with Crippen molar-refractivity contribution in [1.82, 2.24) is 4.81 Å². The van der Waals surface area contributed by atoms with E-state index in [-0.39, 0.29) is 45.9 Å². The minimum atomic E-state index is 0. The molecule has 0 N–H and O–H groups in total. The molecule has 0 saturated heterocycles. The molecule has 17 heavy (non-hydrogen) atoms. The van der Waals surface area contributed by atoms with Crippen molar-refractivity contribution in [1.29, 1.82) is 0 Å². The molecule has 0 spiro atoms. The van der Waals surface area contributed by atoms with Crippen LogP contribution in [0.1, 0.15) is 6.42 Å². The van der Waals surface area contributed by atoms with Gasteiger partial charge in [0.05, 0.1) is 0 Å². The van der Waals surface area contributed by atoms with Crippen molar-refractivity contribution in [3.63, 3.8) is 0 Å². The van der Waals surface area contributed by atoms with Crippen LogP contribution < -0.4 is 24.8 Å². The van der Waals surface area contributed by atoms with Crippen LogP contribution >= 0.6 is 0 Å². The number of rotatable bonds is 1. The minimum absolute atomic E-state index is 0. The molecule has 1 nitrogen and oxygen atoms in total. The first kappa shape index (κ1) is 22.4. The largest absolute Gasteiger partial charge is 2.00 e. The van der Waals surface area contributed by atoms with Gasteiger partial charge in [0, 0.05) is 0 Å². The van der Waals surface area contributed by atoms with Crippen LogP contribution in [0.15, 0.2) is 42.4 Å². The van der Waals surface area contributed by atoms with Gasteiger partial charge in [0.25, 0.3) is 6.85 Å². The van der Waals surface area contributed by atoms with Crippen molar-refractivity contribution >= 4 is 6.85 Å². The van der Waals surface area contributed by atoms with Crippen LogP contribution in [0, 0.1) is 6.08 Å². The molecule has 0 atom stereocenters. The Morgan fingerprint density at radius 1 is 1.06 bits per heavy atom. The second-order valence-electron chi connectivity index (χ2n) is 3.58. The van der Waals surface area contributed by atoms with E-state index in [1.165, 1.54) is 0 Å². The fraction of sp³-hybridized carbons (Fsp3) is 0.333. The van der Waals surface area contributed by atoms with Gasteiger partial charge < -0.3 is 29.6 Å². The maximum absolute atomic E-state index is 2.99. The first-order valence-electron chi connectivity index (χ1n) is 5.02. The Labute approximate surface area is 132 Å². The SMILES string of the molecule is CN(C)B1C=CC=CC1.[C-]1=CC=CC1.[Cl-].[Cl-].[Pt+2]. The number of halogens is 2. The van der Waals surface area contributed by atoms with Gasteiger partial charge in [-0.1, -0.05) is 24.2 Å². The smallest absolute Gasteiger partial charge is 1.00 e. The van der Waals surface area contributed by atoms with Gasteiger partial charge in [-0.2, -0.15) is 6.08 Å². The van der Waals surface area contributed by atoms with E-state index in [9.17, 15) is 0 Å². The number of hydrogen-bond acceptors (Lipinski definition) is 1. The number of allylic oxidation sites excluding steroid dienone is 7. The van der Waals surface area contributed by atoms with E-state index in [1.807, 2.05) is 12.2 Å². The van der Waals surface area contributed by atoms with Gasteiger partial charge in [-0.25, -0.2) is 12.2 Å². The maximum atomic E-state index is 2.99. The van der Waals surface area contributed by atoms with Gasteiger partial charge in [0.15, 0.2) is 0 Å². The van der Waals surface area contributed by atoms with Crippen molar-refractivity contribution in [2.45, 2.75) is 12.7 Å². The molecule has 0 bridgehead atoms. The van der Waals surface area contributed by atoms with E-state index in [0.29, 0.717) is 6.85 Å². The second kappa shape index (κ2) is 14.3. The van der Waals surface area contributed by atoms with Crippen molar-refractivity contribution < 1.29 is 45.9 Å². The fourth-order valence-electron chi connectivity index (χ4n) is 1.29. The zero-order valence-electron chi connectivity index (χ0n) is 10.1. The van der Waals surface area contributed by atoms with E-state index >= 15 is 0 Å². The van der Waals surface area contributed by atoms with Crippen LogP contribution in [0.2, 0.25) is 6.32 Å². The summed E-state index contributed by atoms with van der Waals surface area (Å²) in [6.45, 7) is 0.620. The summed E-state index contributed by atoms with van der Waals surface area (Å²) in [5, 5.41) is 0. The molecule has 1 aliphatic carbocycles. The zero-order valence-corrected chi connectivity index (χ0v) is 13.8. The second-order valence-corrected chi connectivity index (χ2v) is 3.58. The molecule has 0 amide bonds. The van der Waals surface area contributed by atoms with Gasteiger partial charge >= 0.3 is 21.1 Å². The molecule has 0 aromatic rings. The molecule has 5 heteroatoms. The van der Waals surface area contributed by atoms with Gasteiger partial charge in [-0.05, 0) is 20.4 Å². The van der Waals surface area contributed by atoms with Gasteiger partial charge in [0.2, 0.25) is 0 Å². The molecule has 0 fully saturated rings. The molecule has 98 valence electrons. The van der Waals surface area contributed by atoms with E-state index < -0.39 is 0 Å². The van der Waals surface area contributed by atoms with E-state index in [4.69, 9.17) is 0 Å². The number of hydrogen-bond donors (Lipinski definition) is 0. The molecule has 0 aromatic carbocycles. The molecule has 1 heterocycles. The van der Waals surface area contributed by atoms with Crippen LogP contribution in [0.3, 0.4) is 0 Å². The quantitative estimate of drug-likeness (QED) is 0.296. The normalized spacial score (nSPS) is 14.4. The first-order valence-corrected chi connectivity index (χ1v) is 5.02. The summed E-state index contributed by atoms with van der Waals surface area (Å²) in [7, 11) is 4.21. The molecule has 0 unspecified atom stereocenters. The monoisotopic (exact) mass is 451 g/mol. The Morgan fingerprint density at radius 2 is 1.76 bits per heavy atom. The van der Waals surface area contributed by atoms with Gasteiger partial charge in [-0.3, -0.25) is 6.08 Å². The topological polar surface area (TPSA) is 3.24 Å². The Balaban J connectivity index is -0.000000216. The third kappa shape index (κ3) is 11.1. The fourth-order valence-corrected chi connectivity index (χ4v) is 1.29. The standard InChI is InChI=1S/C7H12BN.C5H5.2ClH.Pt/c1-9(2)8-6-4-3-5-7-8;1-2-4-5-3-1;;;/h3-6H,7H2,1-2H3;1-3H,4H2;2*1H;/q;-1;;;+2/p-2. The van der Waals surface area contributed by atoms with E-state index in [1.54, 1.807) is 0 Å². The molecule has 0 radical (unpaired) electrons. The van der Waals surface area contributed by atoms with Gasteiger partial charge in [0.1, 0.15) is 0 Å². The summed E-state index contributed by atoms with van der Waals surface area (Å²) < 4.78 is 0. The van der Waals surface area contributed by atoms with Crippen molar-refractivity contribution in [3.8, 4) is 0 Å². The average molecular weight is 452 g/mol. The van der Waals surface area contributed by atoms with Crippen molar-refractivity contribution in [2.75, 3.05) is 14.1 Å². The minimum Gasteiger partial charge on any atom is -1.00 e. The van der Waals surface area contributed by atoms with Crippen LogP contribution in [-0.2, 0) is 21.1 Å². The molecule has 1 aliphatic heterocycles. The molecule has 0 aromatic heterocycles. The molecule has 0 saturated carbocycles. The zero-order chi connectivity index (χ0) is 10.2. The van der Waals surface area contributed by atoms with Crippen molar-refractivity contribution in [3.05, 3.63) is 48.5 Å². The maximum Gasteiger partial charge on any atom is 2.00 e. The summed E-state index contributed by atoms with van der Waals surface area (Å²) in [4.78, 5) is 2.22. The molecular formula is C12H17BCl2NPt-. The summed E-state index contributed by atoms with van der Waals surface area (Å²) >= 11 is 0. The Hall–Kier alpha value is 0.253. The average Bonchev–Trinajstić information content (AvgIpc) is 2.77. The van der Waals surface area contributed by atoms with Crippen LogP contribution in [-0.4, -0.2) is 25.8 Å². The Morgan fingerprint density at radius 3 is 2.00 bits per heavy atom. The molecule has 2 aliphatic rings. The Bertz CT molecular complexity index is 266. The Kier molecular flexibility index (Phi) is 18.9. The summed E-state index contributed by atoms with van der Waals surface area (Å²) in [5.41, 5.74) is 0. The molecule has 2 rings (SSSR count). The van der Waals surface area contributed by atoms with E-state index in [0.717, 1.165) is 12.7 Å². The first-order chi connectivity index (χ1) is 6.80. The predicted molar refractivity (Wildman–Crippen MR) is 64.1 cm³/mol. The van der Waals surface area contributed by atoms with E-state index in [2.05, 4.69) is 55.3 Å². The van der Waals surface area contributed by atoms with Crippen LogP contribution in [0.5, 0.6) is 0 Å². The van der Waals surface area contributed by atoms with Crippen LogP contribution in [0.4, 0.5) is 0 Å². The predicted octanol–water partition coefficient (Wildman–Crippen LogP) is -3.48. The van der Waals surface area contributed by atoms with Crippen molar-refractivity contribution in [2.24, 2.45) is 0 Å². The third-order valence-electron chi connectivity index (χ3n) is 2.21. The molecular weight excluding hydrogens is 435 g/mol. The van der Waals surface area contributed by atoms with Crippen LogP contribution in [0.25, 0.3) is 0 Å². The number of nitrogens with zero attached hydrogens (tertiary/aromatic N) is 1. The third-order valence-corrected chi connectivity index (χ3v) is 2.21.